The molecule has 3 N–H and O–H groups in total. The minimum Gasteiger partial charge on any atom is -0.480 e. The molecule has 0 unspecified atom stereocenters. The number of carbonyl (C=O) groups is 3. The fourth-order valence-corrected chi connectivity index (χ4v) is 2.19. The third-order valence-corrected chi connectivity index (χ3v) is 3.60. The first-order valence-electron chi connectivity index (χ1n) is 6.61. The van der Waals surface area contributed by atoms with Gasteiger partial charge in [-0.3, -0.25) is 4.79 Å². The van der Waals surface area contributed by atoms with E-state index in [4.69, 9.17) is 5.11 Å². The molecule has 0 aromatic heterocycles. The molecule has 1 saturated carbocycles. The standard InChI is InChI=1S/C12H19N3O4/c16-9(15-7-1-2-8-15)3-6-13-11(19)14-12(4-5-12)10(17)18/h1-8H2,(H,17,18)(H2,13,14,19). The van der Waals surface area contributed by atoms with E-state index in [9.17, 15) is 14.4 Å². The van der Waals surface area contributed by atoms with Crippen molar-refractivity contribution in [2.45, 2.75) is 37.6 Å². The molecular formula is C12H19N3O4. The fraction of sp³-hybridized carbons (Fsp3) is 0.750. The zero-order valence-electron chi connectivity index (χ0n) is 10.8. The number of carbonyl (C=O) groups excluding carboxylic acids is 2. The molecule has 0 spiro atoms. The minimum atomic E-state index is -1.08. The van der Waals surface area contributed by atoms with Gasteiger partial charge in [0.25, 0.3) is 0 Å². The van der Waals surface area contributed by atoms with Gasteiger partial charge in [-0.2, -0.15) is 0 Å². The lowest BCUT2D eigenvalue weighted by molar-refractivity contribution is -0.140. The Kier molecular flexibility index (Phi) is 3.92. The second-order valence-electron chi connectivity index (χ2n) is 5.11. The Bertz CT molecular complexity index is 386. The van der Waals surface area contributed by atoms with Crippen LogP contribution in [0.25, 0.3) is 0 Å². The van der Waals surface area contributed by atoms with Crippen molar-refractivity contribution < 1.29 is 19.5 Å². The van der Waals surface area contributed by atoms with Gasteiger partial charge in [-0.05, 0) is 25.7 Å². The molecule has 0 aromatic carbocycles. The fourth-order valence-electron chi connectivity index (χ4n) is 2.19. The van der Waals surface area contributed by atoms with Gasteiger partial charge in [0.2, 0.25) is 5.91 Å². The molecule has 2 fully saturated rings. The molecule has 7 heteroatoms. The Morgan fingerprint density at radius 1 is 1.16 bits per heavy atom. The third-order valence-electron chi connectivity index (χ3n) is 3.60. The van der Waals surface area contributed by atoms with Crippen LogP contribution in [-0.2, 0) is 9.59 Å². The van der Waals surface area contributed by atoms with Crippen LogP contribution >= 0.6 is 0 Å². The number of nitrogens with zero attached hydrogens (tertiary/aromatic N) is 1. The maximum Gasteiger partial charge on any atom is 0.329 e. The smallest absolute Gasteiger partial charge is 0.329 e. The third kappa shape index (κ3) is 3.36. The number of amides is 3. The molecular weight excluding hydrogens is 250 g/mol. The van der Waals surface area contributed by atoms with Crippen LogP contribution < -0.4 is 10.6 Å². The number of nitrogens with one attached hydrogen (secondary N) is 2. The zero-order chi connectivity index (χ0) is 13.9. The second-order valence-corrected chi connectivity index (χ2v) is 5.11. The molecule has 0 bridgehead atoms. The Labute approximate surface area is 111 Å². The maximum atomic E-state index is 11.7. The summed E-state index contributed by atoms with van der Waals surface area (Å²) in [5, 5.41) is 13.9. The van der Waals surface area contributed by atoms with E-state index in [0.29, 0.717) is 12.8 Å². The average Bonchev–Trinajstić information content (AvgIpc) is 2.93. The molecule has 1 aliphatic heterocycles. The molecule has 1 heterocycles. The van der Waals surface area contributed by atoms with Gasteiger partial charge in [0.15, 0.2) is 0 Å². The first-order chi connectivity index (χ1) is 9.03. The van der Waals surface area contributed by atoms with Gasteiger partial charge < -0.3 is 20.6 Å². The average molecular weight is 269 g/mol. The zero-order valence-corrected chi connectivity index (χ0v) is 10.8. The molecule has 0 radical (unpaired) electrons. The number of aliphatic carboxylic acids is 1. The van der Waals surface area contributed by atoms with Crippen LogP contribution in [0.2, 0.25) is 0 Å². The number of carboxylic acid groups (broad SMARTS) is 1. The molecule has 106 valence electrons. The molecule has 1 saturated heterocycles. The second kappa shape index (κ2) is 5.46. The van der Waals surface area contributed by atoms with Crippen molar-refractivity contribution in [2.75, 3.05) is 19.6 Å². The lowest BCUT2D eigenvalue weighted by Gasteiger charge is -2.16. The largest absolute Gasteiger partial charge is 0.480 e. The van der Waals surface area contributed by atoms with E-state index in [-0.39, 0.29) is 18.9 Å². The van der Waals surface area contributed by atoms with Gasteiger partial charge in [0, 0.05) is 26.1 Å². The minimum absolute atomic E-state index is 0.0390. The van der Waals surface area contributed by atoms with E-state index < -0.39 is 17.5 Å². The monoisotopic (exact) mass is 269 g/mol. The van der Waals surface area contributed by atoms with Crippen molar-refractivity contribution in [1.29, 1.82) is 0 Å². The van der Waals surface area contributed by atoms with Crippen LogP contribution in [0.1, 0.15) is 32.1 Å². The van der Waals surface area contributed by atoms with Crippen LogP contribution in [-0.4, -0.2) is 53.1 Å². The van der Waals surface area contributed by atoms with Gasteiger partial charge in [-0.15, -0.1) is 0 Å². The number of rotatable bonds is 5. The summed E-state index contributed by atoms with van der Waals surface area (Å²) in [4.78, 5) is 35.9. The number of hydrogen-bond donors (Lipinski definition) is 3. The van der Waals surface area contributed by atoms with Gasteiger partial charge in [0.1, 0.15) is 5.54 Å². The summed E-state index contributed by atoms with van der Waals surface area (Å²) in [6.45, 7) is 1.83. The highest BCUT2D eigenvalue weighted by atomic mass is 16.4. The van der Waals surface area contributed by atoms with Crippen molar-refractivity contribution in [3.8, 4) is 0 Å². The predicted molar refractivity (Wildman–Crippen MR) is 66.6 cm³/mol. The van der Waals surface area contributed by atoms with Crippen LogP contribution in [0.3, 0.4) is 0 Å². The van der Waals surface area contributed by atoms with Gasteiger partial charge in [-0.1, -0.05) is 0 Å². The Balaban J connectivity index is 1.64. The highest BCUT2D eigenvalue weighted by molar-refractivity contribution is 5.89. The Hall–Kier alpha value is -1.79. The van der Waals surface area contributed by atoms with Gasteiger partial charge in [0.05, 0.1) is 0 Å². The first kappa shape index (κ1) is 13.6. The predicted octanol–water partition coefficient (Wildman–Crippen LogP) is -0.0847. The molecule has 3 amide bonds. The van der Waals surface area contributed by atoms with E-state index in [1.807, 2.05) is 0 Å². The van der Waals surface area contributed by atoms with E-state index in [0.717, 1.165) is 25.9 Å². The van der Waals surface area contributed by atoms with Crippen LogP contribution in [0.5, 0.6) is 0 Å². The highest BCUT2D eigenvalue weighted by Crippen LogP contribution is 2.35. The summed E-state index contributed by atoms with van der Waals surface area (Å²) in [5.41, 5.74) is -1.08. The molecule has 0 aromatic rings. The van der Waals surface area contributed by atoms with E-state index >= 15 is 0 Å². The van der Waals surface area contributed by atoms with E-state index in [2.05, 4.69) is 10.6 Å². The first-order valence-corrected chi connectivity index (χ1v) is 6.61. The normalized spacial score (nSPS) is 19.9. The lowest BCUT2D eigenvalue weighted by atomic mass is 10.3. The molecule has 0 atom stereocenters. The summed E-state index contributed by atoms with van der Waals surface area (Å²) < 4.78 is 0. The van der Waals surface area contributed by atoms with Crippen molar-refractivity contribution in [3.05, 3.63) is 0 Å². The summed E-state index contributed by atoms with van der Waals surface area (Å²) in [5.74, 6) is -0.965. The summed E-state index contributed by atoms with van der Waals surface area (Å²) in [7, 11) is 0. The number of urea groups is 1. The SMILES string of the molecule is O=C(NCCC(=O)N1CCCC1)NC1(C(=O)O)CC1. The van der Waals surface area contributed by atoms with Crippen LogP contribution in [0, 0.1) is 0 Å². The number of likely N-dealkylation sites (tertiary alicyclic amines) is 1. The van der Waals surface area contributed by atoms with Crippen molar-refractivity contribution in [3.63, 3.8) is 0 Å². The summed E-state index contributed by atoms with van der Waals surface area (Å²) >= 11 is 0. The quantitative estimate of drug-likeness (QED) is 0.650. The lowest BCUT2D eigenvalue weighted by Crippen LogP contribution is -2.48. The van der Waals surface area contributed by atoms with Crippen molar-refractivity contribution in [1.82, 2.24) is 15.5 Å². The van der Waals surface area contributed by atoms with Gasteiger partial charge in [-0.25, -0.2) is 9.59 Å². The van der Waals surface area contributed by atoms with Crippen molar-refractivity contribution in [2.24, 2.45) is 0 Å². The Morgan fingerprint density at radius 2 is 1.79 bits per heavy atom. The molecule has 2 aliphatic rings. The molecule has 19 heavy (non-hydrogen) atoms. The Morgan fingerprint density at radius 3 is 2.32 bits per heavy atom. The van der Waals surface area contributed by atoms with E-state index in [1.165, 1.54) is 0 Å². The molecule has 1 aliphatic carbocycles. The van der Waals surface area contributed by atoms with Crippen LogP contribution in [0.15, 0.2) is 0 Å². The number of hydrogen-bond acceptors (Lipinski definition) is 3. The topological polar surface area (TPSA) is 98.7 Å². The maximum absolute atomic E-state index is 11.7. The molecule has 7 nitrogen and oxygen atoms in total. The highest BCUT2D eigenvalue weighted by Gasteiger charge is 2.51. The van der Waals surface area contributed by atoms with Crippen molar-refractivity contribution >= 4 is 17.9 Å². The van der Waals surface area contributed by atoms with Gasteiger partial charge >= 0.3 is 12.0 Å². The van der Waals surface area contributed by atoms with Crippen LogP contribution in [0.4, 0.5) is 4.79 Å². The summed E-state index contributed by atoms with van der Waals surface area (Å²) in [6.07, 6.45) is 3.26. The molecule has 2 rings (SSSR count). The summed E-state index contributed by atoms with van der Waals surface area (Å²) in [6, 6.07) is -0.519. The van der Waals surface area contributed by atoms with E-state index in [1.54, 1.807) is 4.90 Å². The number of carboxylic acids is 1.